The Kier molecular flexibility index (Phi) is 7.83. The third kappa shape index (κ3) is 18.1. The Bertz CT molecular complexity index is 125. The van der Waals surface area contributed by atoms with E-state index in [1.165, 1.54) is 0 Å². The second-order valence-electron chi connectivity index (χ2n) is 1.29. The van der Waals surface area contributed by atoms with Crippen LogP contribution in [0.15, 0.2) is 0 Å². The molecule has 0 radical (unpaired) electrons. The van der Waals surface area contributed by atoms with Gasteiger partial charge < -0.3 is 0 Å². The van der Waals surface area contributed by atoms with Gasteiger partial charge in [-0.15, -0.1) is 0 Å². The molecule has 1 N–H and O–H groups in total. The summed E-state index contributed by atoms with van der Waals surface area (Å²) >= 11 is 0. The van der Waals surface area contributed by atoms with Gasteiger partial charge in [-0.2, -0.15) is 8.42 Å². The van der Waals surface area contributed by atoms with E-state index in [0.29, 0.717) is 6.42 Å². The normalized spacial score (nSPS) is 9.78. The Morgan fingerprint density at radius 3 is 1.67 bits per heavy atom. The average Bonchev–Trinajstić information content (AvgIpc) is 1.69. The van der Waals surface area contributed by atoms with Crippen LogP contribution in [0, 0.1) is 0 Å². The van der Waals surface area contributed by atoms with Crippen molar-refractivity contribution in [2.24, 2.45) is 0 Å². The first-order valence-electron chi connectivity index (χ1n) is 3.01. The van der Waals surface area contributed by atoms with Crippen LogP contribution in [-0.2, 0) is 10.1 Å². The van der Waals surface area contributed by atoms with Crippen molar-refractivity contribution in [3.8, 4) is 0 Å². The molecule has 0 bridgehead atoms. The van der Waals surface area contributed by atoms with Crippen molar-refractivity contribution < 1.29 is 13.0 Å². The van der Waals surface area contributed by atoms with Gasteiger partial charge in [-0.05, 0) is 6.42 Å². The molecule has 0 aromatic rings. The summed E-state index contributed by atoms with van der Waals surface area (Å²) in [5.41, 5.74) is 0. The van der Waals surface area contributed by atoms with Gasteiger partial charge in [-0.25, -0.2) is 0 Å². The fourth-order valence-corrected chi connectivity index (χ4v) is 0.774. The molecule has 0 aromatic heterocycles. The summed E-state index contributed by atoms with van der Waals surface area (Å²) in [7, 11) is -3.67. The lowest BCUT2D eigenvalue weighted by Crippen LogP contribution is -2.01. The van der Waals surface area contributed by atoms with Gasteiger partial charge in [0.15, 0.2) is 0 Å². The topological polar surface area (TPSA) is 54.4 Å². The molecular weight excluding hydrogens is 140 g/mol. The standard InChI is InChI=1S/C3H8O3S.C2H6/c1-2-3-7(4,5)6;1-2/h2-3H2,1H3,(H,4,5,6);1-2H3. The van der Waals surface area contributed by atoms with Gasteiger partial charge in [-0.1, -0.05) is 20.8 Å². The Balaban J connectivity index is 0. The van der Waals surface area contributed by atoms with Crippen molar-refractivity contribution in [2.75, 3.05) is 5.75 Å². The summed E-state index contributed by atoms with van der Waals surface area (Å²) in [6, 6.07) is 0. The highest BCUT2D eigenvalue weighted by molar-refractivity contribution is 7.85. The Labute approximate surface area is 56.8 Å². The van der Waals surface area contributed by atoms with Crippen molar-refractivity contribution >= 4 is 10.1 Å². The van der Waals surface area contributed by atoms with Crippen LogP contribution in [0.1, 0.15) is 27.2 Å². The first kappa shape index (κ1) is 11.7. The van der Waals surface area contributed by atoms with Crippen LogP contribution < -0.4 is 0 Å². The van der Waals surface area contributed by atoms with Gasteiger partial charge in [0.05, 0.1) is 5.75 Å². The van der Waals surface area contributed by atoms with E-state index in [1.54, 1.807) is 6.92 Å². The van der Waals surface area contributed by atoms with E-state index >= 15 is 0 Å². The smallest absolute Gasteiger partial charge is 0.264 e. The van der Waals surface area contributed by atoms with Crippen LogP contribution in [0.5, 0.6) is 0 Å². The second-order valence-corrected chi connectivity index (χ2v) is 2.86. The van der Waals surface area contributed by atoms with E-state index in [4.69, 9.17) is 4.55 Å². The summed E-state index contributed by atoms with van der Waals surface area (Å²) in [5.74, 6) is -0.132. The average molecular weight is 154 g/mol. The second kappa shape index (κ2) is 6.04. The molecule has 0 rings (SSSR count). The van der Waals surface area contributed by atoms with E-state index in [0.717, 1.165) is 0 Å². The van der Waals surface area contributed by atoms with Crippen LogP contribution in [0.4, 0.5) is 0 Å². The molecule has 0 aliphatic rings. The third-order valence-electron chi connectivity index (χ3n) is 0.462. The Hall–Kier alpha value is -0.0900. The summed E-state index contributed by atoms with van der Waals surface area (Å²) in [4.78, 5) is 0. The van der Waals surface area contributed by atoms with Crippen molar-refractivity contribution in [3.05, 3.63) is 0 Å². The first-order valence-corrected chi connectivity index (χ1v) is 4.62. The zero-order chi connectivity index (χ0) is 7.91. The lowest BCUT2D eigenvalue weighted by atomic mass is 10.6. The van der Waals surface area contributed by atoms with Gasteiger partial charge >= 0.3 is 0 Å². The maximum atomic E-state index is 9.79. The zero-order valence-corrected chi connectivity index (χ0v) is 6.90. The van der Waals surface area contributed by atoms with Crippen molar-refractivity contribution in [3.63, 3.8) is 0 Å². The van der Waals surface area contributed by atoms with Gasteiger partial charge in [0.2, 0.25) is 0 Å². The van der Waals surface area contributed by atoms with Crippen LogP contribution in [0.25, 0.3) is 0 Å². The van der Waals surface area contributed by atoms with E-state index in [9.17, 15) is 8.42 Å². The molecule has 0 aromatic carbocycles. The van der Waals surface area contributed by atoms with Crippen LogP contribution >= 0.6 is 0 Å². The maximum absolute atomic E-state index is 9.79. The predicted octanol–water partition coefficient (Wildman–Crippen LogP) is 1.31. The van der Waals surface area contributed by atoms with E-state index in [1.807, 2.05) is 13.8 Å². The number of hydrogen-bond donors (Lipinski definition) is 1. The highest BCUT2D eigenvalue weighted by Crippen LogP contribution is 1.83. The highest BCUT2D eigenvalue weighted by atomic mass is 32.2. The molecule has 4 heteroatoms. The van der Waals surface area contributed by atoms with Crippen LogP contribution in [0.2, 0.25) is 0 Å². The molecular formula is C5H14O3S. The molecule has 0 spiro atoms. The number of hydrogen-bond acceptors (Lipinski definition) is 2. The minimum Gasteiger partial charge on any atom is -0.286 e. The molecule has 0 aliphatic heterocycles. The van der Waals surface area contributed by atoms with E-state index < -0.39 is 10.1 Å². The van der Waals surface area contributed by atoms with E-state index in [-0.39, 0.29) is 5.75 Å². The van der Waals surface area contributed by atoms with Crippen LogP contribution in [0.3, 0.4) is 0 Å². The molecule has 0 atom stereocenters. The molecule has 0 heterocycles. The molecule has 9 heavy (non-hydrogen) atoms. The summed E-state index contributed by atoms with van der Waals surface area (Å²) in [6.07, 6.45) is 0.471. The van der Waals surface area contributed by atoms with Gasteiger partial charge in [-0.3, -0.25) is 4.55 Å². The fraction of sp³-hybridized carbons (Fsp3) is 1.00. The largest absolute Gasteiger partial charge is 0.286 e. The monoisotopic (exact) mass is 154 g/mol. The molecule has 0 aliphatic carbocycles. The molecule has 0 unspecified atom stereocenters. The van der Waals surface area contributed by atoms with Crippen molar-refractivity contribution in [2.45, 2.75) is 27.2 Å². The minimum atomic E-state index is -3.67. The SMILES string of the molecule is CC.CCCS(=O)(=O)O. The number of rotatable bonds is 2. The zero-order valence-electron chi connectivity index (χ0n) is 6.09. The summed E-state index contributed by atoms with van der Waals surface area (Å²) in [5, 5.41) is 0. The van der Waals surface area contributed by atoms with Gasteiger partial charge in [0.25, 0.3) is 10.1 Å². The Morgan fingerprint density at radius 2 is 1.67 bits per heavy atom. The molecule has 3 nitrogen and oxygen atoms in total. The Morgan fingerprint density at radius 1 is 1.33 bits per heavy atom. The van der Waals surface area contributed by atoms with E-state index in [2.05, 4.69) is 0 Å². The molecule has 0 saturated heterocycles. The molecule has 58 valence electrons. The van der Waals surface area contributed by atoms with Crippen LogP contribution in [-0.4, -0.2) is 18.7 Å². The third-order valence-corrected chi connectivity index (χ3v) is 1.39. The lowest BCUT2D eigenvalue weighted by Gasteiger charge is -1.85. The first-order chi connectivity index (χ1) is 4.06. The van der Waals surface area contributed by atoms with Gasteiger partial charge in [0, 0.05) is 0 Å². The summed E-state index contributed by atoms with van der Waals surface area (Å²) in [6.45, 7) is 5.69. The summed E-state index contributed by atoms with van der Waals surface area (Å²) < 4.78 is 27.6. The quantitative estimate of drug-likeness (QED) is 0.610. The maximum Gasteiger partial charge on any atom is 0.264 e. The van der Waals surface area contributed by atoms with Gasteiger partial charge in [0.1, 0.15) is 0 Å². The van der Waals surface area contributed by atoms with Crippen molar-refractivity contribution in [1.82, 2.24) is 0 Å². The lowest BCUT2D eigenvalue weighted by molar-refractivity contribution is 0.482. The predicted molar refractivity (Wildman–Crippen MR) is 38.1 cm³/mol. The molecule has 0 fully saturated rings. The van der Waals surface area contributed by atoms with Crippen molar-refractivity contribution in [1.29, 1.82) is 0 Å². The highest BCUT2D eigenvalue weighted by Gasteiger charge is 1.98. The molecule has 0 amide bonds. The molecule has 0 saturated carbocycles. The fourth-order valence-electron chi connectivity index (χ4n) is 0.258. The minimum absolute atomic E-state index is 0.132.